The summed E-state index contributed by atoms with van der Waals surface area (Å²) in [7, 11) is 2.98. The third-order valence-electron chi connectivity index (χ3n) is 1.83. The van der Waals surface area contributed by atoms with Gasteiger partial charge in [-0.05, 0) is 6.92 Å². The third-order valence-corrected chi connectivity index (χ3v) is 1.83. The van der Waals surface area contributed by atoms with Crippen LogP contribution in [0.1, 0.15) is 16.2 Å². The largest absolute Gasteiger partial charge is 0.505 e. The highest BCUT2D eigenvalue weighted by Crippen LogP contribution is 2.21. The SMILES string of the molecule is COC(=O)c1c(O)cc(C)n1C. The van der Waals surface area contributed by atoms with Gasteiger partial charge in [0.25, 0.3) is 0 Å². The molecule has 0 aliphatic rings. The maximum absolute atomic E-state index is 11.1. The van der Waals surface area contributed by atoms with Crippen molar-refractivity contribution in [2.45, 2.75) is 6.92 Å². The predicted molar refractivity (Wildman–Crippen MR) is 43.2 cm³/mol. The van der Waals surface area contributed by atoms with Gasteiger partial charge in [-0.1, -0.05) is 0 Å². The third kappa shape index (κ3) is 1.15. The van der Waals surface area contributed by atoms with Gasteiger partial charge >= 0.3 is 5.97 Å². The van der Waals surface area contributed by atoms with E-state index in [9.17, 15) is 9.90 Å². The molecule has 1 N–H and O–H groups in total. The van der Waals surface area contributed by atoms with Crippen LogP contribution in [-0.4, -0.2) is 22.8 Å². The maximum Gasteiger partial charge on any atom is 0.358 e. The molecule has 4 heteroatoms. The molecule has 1 aromatic rings. The summed E-state index contributed by atoms with van der Waals surface area (Å²) in [4.78, 5) is 11.1. The van der Waals surface area contributed by atoms with Crippen molar-refractivity contribution in [3.63, 3.8) is 0 Å². The van der Waals surface area contributed by atoms with Crippen molar-refractivity contribution in [1.82, 2.24) is 4.57 Å². The Kier molecular flexibility index (Phi) is 2.08. The van der Waals surface area contributed by atoms with Crippen molar-refractivity contribution in [3.05, 3.63) is 17.5 Å². The molecule has 0 unspecified atom stereocenters. The Bertz CT molecular complexity index is 314. The van der Waals surface area contributed by atoms with Gasteiger partial charge in [0.15, 0.2) is 5.69 Å². The number of carbonyl (C=O) groups is 1. The van der Waals surface area contributed by atoms with Crippen LogP contribution in [0.25, 0.3) is 0 Å². The number of esters is 1. The van der Waals surface area contributed by atoms with E-state index in [2.05, 4.69) is 4.74 Å². The summed E-state index contributed by atoms with van der Waals surface area (Å²) in [5.74, 6) is -0.565. The number of aromatic nitrogens is 1. The van der Waals surface area contributed by atoms with Crippen LogP contribution in [-0.2, 0) is 11.8 Å². The van der Waals surface area contributed by atoms with E-state index in [0.717, 1.165) is 5.69 Å². The summed E-state index contributed by atoms with van der Waals surface area (Å²) in [6.07, 6.45) is 0. The maximum atomic E-state index is 11.1. The fourth-order valence-corrected chi connectivity index (χ4v) is 1.05. The molecule has 0 atom stereocenters. The summed E-state index contributed by atoms with van der Waals surface area (Å²) >= 11 is 0. The van der Waals surface area contributed by atoms with Crippen LogP contribution in [0.5, 0.6) is 5.75 Å². The van der Waals surface area contributed by atoms with Gasteiger partial charge in [0.2, 0.25) is 0 Å². The number of aryl methyl sites for hydroxylation is 1. The van der Waals surface area contributed by atoms with Gasteiger partial charge in [-0.3, -0.25) is 0 Å². The number of hydrogen-bond acceptors (Lipinski definition) is 3. The minimum absolute atomic E-state index is 0.0400. The molecular formula is C8H11NO3. The smallest absolute Gasteiger partial charge is 0.358 e. The van der Waals surface area contributed by atoms with E-state index in [1.807, 2.05) is 0 Å². The second kappa shape index (κ2) is 2.89. The summed E-state index contributed by atoms with van der Waals surface area (Å²) in [5, 5.41) is 9.29. The zero-order valence-corrected chi connectivity index (χ0v) is 7.29. The molecule has 12 heavy (non-hydrogen) atoms. The highest BCUT2D eigenvalue weighted by Gasteiger charge is 2.17. The first-order chi connectivity index (χ1) is 5.57. The van der Waals surface area contributed by atoms with Crippen LogP contribution in [0.2, 0.25) is 0 Å². The lowest BCUT2D eigenvalue weighted by Gasteiger charge is -2.02. The normalized spacial score (nSPS) is 9.92. The molecule has 0 amide bonds. The van der Waals surface area contributed by atoms with Crippen molar-refractivity contribution < 1.29 is 14.6 Å². The molecule has 0 saturated heterocycles. The average Bonchev–Trinajstić information content (AvgIpc) is 2.26. The molecule has 0 radical (unpaired) electrons. The van der Waals surface area contributed by atoms with E-state index in [-0.39, 0.29) is 11.4 Å². The molecule has 1 aromatic heterocycles. The van der Waals surface area contributed by atoms with Gasteiger partial charge in [0, 0.05) is 18.8 Å². The molecule has 0 aliphatic carbocycles. The van der Waals surface area contributed by atoms with E-state index in [4.69, 9.17) is 0 Å². The standard InChI is InChI=1S/C8H11NO3/c1-5-4-6(10)7(9(5)2)8(11)12-3/h4,10H,1-3H3. The first-order valence-electron chi connectivity index (χ1n) is 3.51. The second-order valence-electron chi connectivity index (χ2n) is 2.57. The number of carbonyl (C=O) groups excluding carboxylic acids is 1. The van der Waals surface area contributed by atoms with E-state index in [0.29, 0.717) is 0 Å². The molecule has 4 nitrogen and oxygen atoms in total. The summed E-state index contributed by atoms with van der Waals surface area (Å²) in [6, 6.07) is 1.52. The van der Waals surface area contributed by atoms with Gasteiger partial charge in [-0.2, -0.15) is 0 Å². The number of ether oxygens (including phenoxy) is 1. The fraction of sp³-hybridized carbons (Fsp3) is 0.375. The molecule has 1 heterocycles. The number of hydrogen-bond donors (Lipinski definition) is 1. The molecular weight excluding hydrogens is 158 g/mol. The number of aromatic hydroxyl groups is 1. The number of rotatable bonds is 1. The highest BCUT2D eigenvalue weighted by molar-refractivity contribution is 5.90. The van der Waals surface area contributed by atoms with Crippen LogP contribution in [0.15, 0.2) is 6.07 Å². The molecule has 0 spiro atoms. The van der Waals surface area contributed by atoms with Crippen molar-refractivity contribution >= 4 is 5.97 Å². The van der Waals surface area contributed by atoms with E-state index in [1.165, 1.54) is 13.2 Å². The van der Waals surface area contributed by atoms with Crippen molar-refractivity contribution in [3.8, 4) is 5.75 Å². The van der Waals surface area contributed by atoms with Crippen molar-refractivity contribution in [2.24, 2.45) is 7.05 Å². The molecule has 0 saturated carbocycles. The lowest BCUT2D eigenvalue weighted by atomic mass is 10.4. The van der Waals surface area contributed by atoms with E-state index >= 15 is 0 Å². The van der Waals surface area contributed by atoms with Crippen LogP contribution in [0.4, 0.5) is 0 Å². The Labute approximate surface area is 70.4 Å². The Hall–Kier alpha value is -1.45. The van der Waals surface area contributed by atoms with E-state index in [1.54, 1.807) is 18.5 Å². The fourth-order valence-electron chi connectivity index (χ4n) is 1.05. The average molecular weight is 169 g/mol. The number of methoxy groups -OCH3 is 1. The zero-order valence-electron chi connectivity index (χ0n) is 7.29. The summed E-state index contributed by atoms with van der Waals surface area (Å²) in [5.41, 5.74) is 1.00. The minimum Gasteiger partial charge on any atom is -0.505 e. The quantitative estimate of drug-likeness (QED) is 0.633. The van der Waals surface area contributed by atoms with Crippen LogP contribution in [0.3, 0.4) is 0 Å². The molecule has 66 valence electrons. The Morgan fingerprint density at radius 3 is 2.58 bits per heavy atom. The monoisotopic (exact) mass is 169 g/mol. The van der Waals surface area contributed by atoms with Crippen molar-refractivity contribution in [1.29, 1.82) is 0 Å². The van der Waals surface area contributed by atoms with Gasteiger partial charge < -0.3 is 14.4 Å². The minimum atomic E-state index is -0.525. The first-order valence-corrected chi connectivity index (χ1v) is 3.51. The van der Waals surface area contributed by atoms with Gasteiger partial charge in [0.1, 0.15) is 5.75 Å². The summed E-state index contributed by atoms with van der Waals surface area (Å²) < 4.78 is 6.08. The Morgan fingerprint density at radius 1 is 1.67 bits per heavy atom. The summed E-state index contributed by atoms with van der Waals surface area (Å²) in [6.45, 7) is 1.80. The Balaban J connectivity index is 3.22. The van der Waals surface area contributed by atoms with Crippen LogP contribution < -0.4 is 0 Å². The molecule has 0 bridgehead atoms. The molecule has 0 fully saturated rings. The Morgan fingerprint density at radius 2 is 2.25 bits per heavy atom. The highest BCUT2D eigenvalue weighted by atomic mass is 16.5. The predicted octanol–water partition coefficient (Wildman–Crippen LogP) is 0.826. The van der Waals surface area contributed by atoms with Gasteiger partial charge in [-0.25, -0.2) is 4.79 Å². The van der Waals surface area contributed by atoms with Crippen molar-refractivity contribution in [2.75, 3.05) is 7.11 Å². The van der Waals surface area contributed by atoms with E-state index < -0.39 is 5.97 Å². The molecule has 0 aromatic carbocycles. The molecule has 1 rings (SSSR count). The van der Waals surface area contributed by atoms with Gasteiger partial charge in [-0.15, -0.1) is 0 Å². The topological polar surface area (TPSA) is 51.5 Å². The van der Waals surface area contributed by atoms with Gasteiger partial charge in [0.05, 0.1) is 7.11 Å². The molecule has 0 aliphatic heterocycles. The second-order valence-corrected chi connectivity index (χ2v) is 2.57. The zero-order chi connectivity index (χ0) is 9.30. The first kappa shape index (κ1) is 8.64. The lowest BCUT2D eigenvalue weighted by Crippen LogP contribution is -2.08. The van der Waals surface area contributed by atoms with Crippen LogP contribution >= 0.6 is 0 Å². The number of nitrogens with zero attached hydrogens (tertiary/aromatic N) is 1. The lowest BCUT2D eigenvalue weighted by molar-refractivity contribution is 0.0586. The van der Waals surface area contributed by atoms with Crippen LogP contribution in [0, 0.1) is 6.92 Å².